The van der Waals surface area contributed by atoms with Crippen LogP contribution < -0.4 is 16.2 Å². The first-order valence-corrected chi connectivity index (χ1v) is 8.30. The summed E-state index contributed by atoms with van der Waals surface area (Å²) in [7, 11) is 0. The van der Waals surface area contributed by atoms with Gasteiger partial charge in [0.25, 0.3) is 5.91 Å². The molecule has 0 atom stereocenters. The van der Waals surface area contributed by atoms with Gasteiger partial charge in [0, 0.05) is 16.5 Å². The third-order valence-electron chi connectivity index (χ3n) is 2.98. The molecule has 0 spiro atoms. The summed E-state index contributed by atoms with van der Waals surface area (Å²) in [5.41, 5.74) is 6.51. The molecule has 7 heteroatoms. The summed E-state index contributed by atoms with van der Waals surface area (Å²) in [6.07, 6.45) is 3.33. The van der Waals surface area contributed by atoms with E-state index in [0.717, 1.165) is 29.3 Å². The third-order valence-corrected chi connectivity index (χ3v) is 4.04. The van der Waals surface area contributed by atoms with E-state index >= 15 is 0 Å². The number of carbonyl (C=O) groups excluding carboxylic acids is 2. The van der Waals surface area contributed by atoms with E-state index in [1.165, 1.54) is 0 Å². The molecule has 1 rings (SSSR count). The number of rotatable bonds is 5. The van der Waals surface area contributed by atoms with E-state index in [2.05, 4.69) is 39.0 Å². The van der Waals surface area contributed by atoms with Crippen molar-refractivity contribution in [3.63, 3.8) is 0 Å². The number of nitrogens with one attached hydrogen (secondary N) is 3. The Balaban J connectivity index is 2.39. The average molecular weight is 386 g/mol. The molecule has 0 aliphatic heterocycles. The van der Waals surface area contributed by atoms with Gasteiger partial charge in [0.2, 0.25) is 5.91 Å². The van der Waals surface area contributed by atoms with E-state index < -0.39 is 0 Å². The Morgan fingerprint density at radius 1 is 1.23 bits per heavy atom. The van der Waals surface area contributed by atoms with E-state index in [9.17, 15) is 9.59 Å². The van der Waals surface area contributed by atoms with E-state index in [1.807, 2.05) is 13.0 Å². The molecule has 0 saturated carbocycles. The molecule has 0 aliphatic carbocycles. The summed E-state index contributed by atoms with van der Waals surface area (Å²) >= 11 is 8.35. The maximum atomic E-state index is 12.0. The van der Waals surface area contributed by atoms with Crippen LogP contribution in [0.5, 0.6) is 0 Å². The molecular weight excluding hydrogens is 366 g/mol. The smallest absolute Gasteiger partial charge is 0.257 e. The maximum Gasteiger partial charge on any atom is 0.257 e. The minimum Gasteiger partial charge on any atom is -0.298 e. The number of carbonyl (C=O) groups is 2. The van der Waals surface area contributed by atoms with Gasteiger partial charge in [0.05, 0.1) is 0 Å². The number of aryl methyl sites for hydroxylation is 1. The molecule has 3 N–H and O–H groups in total. The zero-order valence-corrected chi connectivity index (χ0v) is 15.1. The molecule has 0 radical (unpaired) electrons. The number of unbranched alkanes of at least 4 members (excludes halogenated alkanes) is 2. The molecule has 0 fully saturated rings. The van der Waals surface area contributed by atoms with Crippen molar-refractivity contribution >= 4 is 45.1 Å². The Kier molecular flexibility index (Phi) is 8.05. The minimum absolute atomic E-state index is 0.0607. The molecular formula is C15H20BrN3O2S. The molecule has 0 aromatic heterocycles. The summed E-state index contributed by atoms with van der Waals surface area (Å²) in [6.45, 7) is 4.01. The molecule has 0 bridgehead atoms. The maximum absolute atomic E-state index is 12.0. The predicted molar refractivity (Wildman–Crippen MR) is 94.4 cm³/mol. The molecule has 0 saturated heterocycles. The minimum atomic E-state index is -0.335. The molecule has 0 aliphatic rings. The molecule has 0 heterocycles. The Hall–Kier alpha value is -1.47. The van der Waals surface area contributed by atoms with Crippen LogP contribution in [-0.2, 0) is 4.79 Å². The number of hydrazine groups is 1. The van der Waals surface area contributed by atoms with Crippen LogP contribution in [-0.4, -0.2) is 16.9 Å². The van der Waals surface area contributed by atoms with Crippen molar-refractivity contribution in [2.24, 2.45) is 0 Å². The SMILES string of the molecule is CCCCCC(=O)NNC(=S)NC(=O)c1ccc(C)c(Br)c1. The van der Waals surface area contributed by atoms with Gasteiger partial charge in [-0.2, -0.15) is 0 Å². The monoisotopic (exact) mass is 385 g/mol. The van der Waals surface area contributed by atoms with Crippen molar-refractivity contribution in [1.29, 1.82) is 0 Å². The lowest BCUT2D eigenvalue weighted by molar-refractivity contribution is -0.121. The predicted octanol–water partition coefficient (Wildman–Crippen LogP) is 2.97. The van der Waals surface area contributed by atoms with Gasteiger partial charge in [0.1, 0.15) is 0 Å². The summed E-state index contributed by atoms with van der Waals surface area (Å²) in [6, 6.07) is 5.27. The highest BCUT2D eigenvalue weighted by molar-refractivity contribution is 9.10. The first-order valence-electron chi connectivity index (χ1n) is 7.10. The fourth-order valence-corrected chi connectivity index (χ4v) is 2.19. The van der Waals surface area contributed by atoms with E-state index in [4.69, 9.17) is 12.2 Å². The molecule has 22 heavy (non-hydrogen) atoms. The number of hydrogen-bond acceptors (Lipinski definition) is 3. The zero-order valence-electron chi connectivity index (χ0n) is 12.7. The van der Waals surface area contributed by atoms with Crippen LogP contribution in [0.1, 0.15) is 48.5 Å². The molecule has 0 unspecified atom stereocenters. The molecule has 120 valence electrons. The van der Waals surface area contributed by atoms with Gasteiger partial charge in [-0.25, -0.2) is 0 Å². The van der Waals surface area contributed by atoms with Crippen molar-refractivity contribution in [2.45, 2.75) is 39.5 Å². The lowest BCUT2D eigenvalue weighted by atomic mass is 10.1. The summed E-state index contributed by atoms with van der Waals surface area (Å²) in [4.78, 5) is 23.5. The van der Waals surface area contributed by atoms with Crippen molar-refractivity contribution in [1.82, 2.24) is 16.2 Å². The van der Waals surface area contributed by atoms with E-state index in [-0.39, 0.29) is 16.9 Å². The van der Waals surface area contributed by atoms with Gasteiger partial charge in [-0.15, -0.1) is 0 Å². The highest BCUT2D eigenvalue weighted by Gasteiger charge is 2.09. The van der Waals surface area contributed by atoms with Gasteiger partial charge in [0.15, 0.2) is 5.11 Å². The Bertz CT molecular complexity index is 564. The van der Waals surface area contributed by atoms with Crippen molar-refractivity contribution in [2.75, 3.05) is 0 Å². The normalized spacial score (nSPS) is 9.95. The highest BCUT2D eigenvalue weighted by atomic mass is 79.9. The van der Waals surface area contributed by atoms with E-state index in [0.29, 0.717) is 12.0 Å². The number of hydrogen-bond donors (Lipinski definition) is 3. The van der Waals surface area contributed by atoms with Gasteiger partial charge >= 0.3 is 0 Å². The van der Waals surface area contributed by atoms with Crippen molar-refractivity contribution < 1.29 is 9.59 Å². The van der Waals surface area contributed by atoms with Crippen LogP contribution in [0.25, 0.3) is 0 Å². The zero-order chi connectivity index (χ0) is 16.5. The second kappa shape index (κ2) is 9.53. The Labute approximate surface area is 144 Å². The number of benzene rings is 1. The van der Waals surface area contributed by atoms with Crippen molar-refractivity contribution in [3.8, 4) is 0 Å². The van der Waals surface area contributed by atoms with Crippen LogP contribution in [0, 0.1) is 6.92 Å². The second-order valence-corrected chi connectivity index (χ2v) is 6.14. The quantitative estimate of drug-likeness (QED) is 0.414. The van der Waals surface area contributed by atoms with Crippen LogP contribution in [0.4, 0.5) is 0 Å². The average Bonchev–Trinajstić information content (AvgIpc) is 2.48. The fraction of sp³-hybridized carbons (Fsp3) is 0.400. The largest absolute Gasteiger partial charge is 0.298 e. The first kappa shape index (κ1) is 18.6. The van der Waals surface area contributed by atoms with Crippen molar-refractivity contribution in [3.05, 3.63) is 33.8 Å². The number of amides is 2. The fourth-order valence-electron chi connectivity index (χ4n) is 1.67. The van der Waals surface area contributed by atoms with Gasteiger partial charge in [-0.3, -0.25) is 25.8 Å². The topological polar surface area (TPSA) is 70.2 Å². The first-order chi connectivity index (χ1) is 10.4. The third kappa shape index (κ3) is 6.53. The van der Waals surface area contributed by atoms with Gasteiger partial charge in [-0.05, 0) is 43.3 Å². The molecule has 5 nitrogen and oxygen atoms in total. The highest BCUT2D eigenvalue weighted by Crippen LogP contribution is 2.17. The second-order valence-electron chi connectivity index (χ2n) is 4.88. The Morgan fingerprint density at radius 2 is 1.95 bits per heavy atom. The van der Waals surface area contributed by atoms with Gasteiger partial charge in [-0.1, -0.05) is 41.8 Å². The lowest BCUT2D eigenvalue weighted by Gasteiger charge is -2.11. The lowest BCUT2D eigenvalue weighted by Crippen LogP contribution is -2.48. The number of thiocarbonyl (C=S) groups is 1. The van der Waals surface area contributed by atoms with Crippen LogP contribution >= 0.6 is 28.1 Å². The van der Waals surface area contributed by atoms with Crippen LogP contribution in [0.15, 0.2) is 22.7 Å². The van der Waals surface area contributed by atoms with E-state index in [1.54, 1.807) is 12.1 Å². The standard InChI is InChI=1S/C15H20BrN3O2S/c1-3-4-5-6-13(20)18-19-15(22)17-14(21)11-8-7-10(2)12(16)9-11/h7-9H,3-6H2,1-2H3,(H,18,20)(H2,17,19,21,22). The number of halogens is 1. The summed E-state index contributed by atoms with van der Waals surface area (Å²) in [5.74, 6) is -0.485. The Morgan fingerprint density at radius 3 is 2.59 bits per heavy atom. The molecule has 2 amide bonds. The molecule has 1 aromatic rings. The van der Waals surface area contributed by atoms with Crippen LogP contribution in [0.2, 0.25) is 0 Å². The molecule has 1 aromatic carbocycles. The van der Waals surface area contributed by atoms with Gasteiger partial charge < -0.3 is 0 Å². The summed E-state index contributed by atoms with van der Waals surface area (Å²) < 4.78 is 0.850. The summed E-state index contributed by atoms with van der Waals surface area (Å²) in [5, 5.41) is 2.57. The van der Waals surface area contributed by atoms with Crippen LogP contribution in [0.3, 0.4) is 0 Å².